The van der Waals surface area contributed by atoms with E-state index in [9.17, 15) is 4.79 Å². The minimum atomic E-state index is -0.177. The fourth-order valence-electron chi connectivity index (χ4n) is 3.13. The van der Waals surface area contributed by atoms with Gasteiger partial charge in [-0.2, -0.15) is 14.7 Å². The van der Waals surface area contributed by atoms with Crippen LogP contribution in [0.2, 0.25) is 0 Å². The molecular formula is C16H19N7O. The molecule has 24 heavy (non-hydrogen) atoms. The van der Waals surface area contributed by atoms with Crippen LogP contribution in [0.3, 0.4) is 0 Å². The van der Waals surface area contributed by atoms with Crippen LogP contribution in [0, 0.1) is 6.92 Å². The second kappa shape index (κ2) is 5.95. The van der Waals surface area contributed by atoms with Crippen molar-refractivity contribution < 1.29 is 0 Å². The van der Waals surface area contributed by atoms with Gasteiger partial charge in [0.05, 0.1) is 6.20 Å². The van der Waals surface area contributed by atoms with Crippen molar-refractivity contribution in [2.45, 2.75) is 13.3 Å². The number of aryl methyl sites for hydroxylation is 1. The molecule has 3 aromatic heterocycles. The minimum Gasteiger partial charge on any atom is -0.355 e. The summed E-state index contributed by atoms with van der Waals surface area (Å²) in [5, 5.41) is 11.0. The van der Waals surface area contributed by atoms with Crippen LogP contribution in [0.25, 0.3) is 5.65 Å². The van der Waals surface area contributed by atoms with E-state index >= 15 is 0 Å². The van der Waals surface area contributed by atoms with Crippen molar-refractivity contribution in [3.63, 3.8) is 0 Å². The molecule has 0 bridgehead atoms. The van der Waals surface area contributed by atoms with Crippen molar-refractivity contribution in [2.24, 2.45) is 0 Å². The highest BCUT2D eigenvalue weighted by molar-refractivity contribution is 5.51. The van der Waals surface area contributed by atoms with E-state index in [1.165, 1.54) is 6.07 Å². The third-order valence-corrected chi connectivity index (χ3v) is 4.28. The molecule has 0 amide bonds. The maximum atomic E-state index is 11.2. The summed E-state index contributed by atoms with van der Waals surface area (Å²) in [5.41, 5.74) is 1.68. The highest BCUT2D eigenvalue weighted by atomic mass is 16.1. The summed E-state index contributed by atoms with van der Waals surface area (Å²) < 4.78 is 1.89. The Bertz CT molecular complexity index is 896. The van der Waals surface area contributed by atoms with Crippen molar-refractivity contribution >= 4 is 17.3 Å². The number of fused-ring (bicyclic) bond motifs is 1. The van der Waals surface area contributed by atoms with Crippen molar-refractivity contribution in [2.75, 3.05) is 36.0 Å². The second-order valence-corrected chi connectivity index (χ2v) is 5.96. The van der Waals surface area contributed by atoms with Gasteiger partial charge >= 0.3 is 0 Å². The zero-order valence-electron chi connectivity index (χ0n) is 13.5. The van der Waals surface area contributed by atoms with Crippen LogP contribution in [0.5, 0.6) is 0 Å². The van der Waals surface area contributed by atoms with Gasteiger partial charge < -0.3 is 9.80 Å². The van der Waals surface area contributed by atoms with E-state index in [0.717, 1.165) is 55.6 Å². The summed E-state index contributed by atoms with van der Waals surface area (Å²) in [6.45, 7) is 5.55. The van der Waals surface area contributed by atoms with Crippen molar-refractivity contribution in [3.05, 3.63) is 46.5 Å². The standard InChI is InChI=1S/C16H19N7O/c1-12-11-16(23-13(18-12)5-6-17-23)22-8-2-7-21(9-10-22)14-3-4-15(24)20-19-14/h3-6,11H,2,7-10H2,1H3,(H,20,24). The molecule has 4 rings (SSSR count). The molecule has 0 unspecified atom stereocenters. The summed E-state index contributed by atoms with van der Waals surface area (Å²) in [6, 6.07) is 7.29. The van der Waals surface area contributed by atoms with Crippen LogP contribution in [0.1, 0.15) is 12.1 Å². The smallest absolute Gasteiger partial charge is 0.264 e. The summed E-state index contributed by atoms with van der Waals surface area (Å²) in [4.78, 5) is 20.2. The Labute approximate surface area is 138 Å². The first kappa shape index (κ1) is 14.7. The Kier molecular flexibility index (Phi) is 3.64. The van der Waals surface area contributed by atoms with Crippen LogP contribution in [-0.4, -0.2) is 51.0 Å². The molecule has 0 aromatic carbocycles. The monoisotopic (exact) mass is 325 g/mol. The SMILES string of the molecule is Cc1cc(N2CCCN(c3ccc(=O)[nH]n3)CC2)n2nccc2n1. The molecule has 8 nitrogen and oxygen atoms in total. The van der Waals surface area contributed by atoms with Crippen LogP contribution in [0.15, 0.2) is 35.3 Å². The maximum Gasteiger partial charge on any atom is 0.264 e. The van der Waals surface area contributed by atoms with E-state index in [-0.39, 0.29) is 5.56 Å². The number of hydrogen-bond acceptors (Lipinski definition) is 6. The van der Waals surface area contributed by atoms with Gasteiger partial charge in [0, 0.05) is 50.1 Å². The van der Waals surface area contributed by atoms with Gasteiger partial charge in [0.15, 0.2) is 5.65 Å². The summed E-state index contributed by atoms with van der Waals surface area (Å²) in [5.74, 6) is 1.88. The zero-order chi connectivity index (χ0) is 16.5. The number of hydrogen-bond donors (Lipinski definition) is 1. The number of aromatic amines is 1. The Hall–Kier alpha value is -2.90. The van der Waals surface area contributed by atoms with Gasteiger partial charge in [-0.25, -0.2) is 10.1 Å². The third kappa shape index (κ3) is 2.70. The molecule has 1 N–H and O–H groups in total. The van der Waals surface area contributed by atoms with E-state index in [2.05, 4.69) is 36.1 Å². The van der Waals surface area contributed by atoms with Gasteiger partial charge in [0.2, 0.25) is 0 Å². The normalized spacial score (nSPS) is 15.7. The van der Waals surface area contributed by atoms with E-state index in [0.29, 0.717) is 0 Å². The van der Waals surface area contributed by atoms with E-state index < -0.39 is 0 Å². The molecule has 1 fully saturated rings. The molecule has 0 radical (unpaired) electrons. The average molecular weight is 325 g/mol. The van der Waals surface area contributed by atoms with E-state index in [1.54, 1.807) is 12.3 Å². The van der Waals surface area contributed by atoms with Gasteiger partial charge in [-0.1, -0.05) is 0 Å². The average Bonchev–Trinajstić information content (AvgIpc) is 2.90. The lowest BCUT2D eigenvalue weighted by molar-refractivity contribution is 0.767. The minimum absolute atomic E-state index is 0.177. The predicted octanol–water partition coefficient (Wildman–Crippen LogP) is 0.838. The van der Waals surface area contributed by atoms with Crippen LogP contribution in [-0.2, 0) is 0 Å². The summed E-state index contributed by atoms with van der Waals surface area (Å²) in [7, 11) is 0. The van der Waals surface area contributed by atoms with Crippen molar-refractivity contribution in [1.29, 1.82) is 0 Å². The largest absolute Gasteiger partial charge is 0.355 e. The van der Waals surface area contributed by atoms with Gasteiger partial charge in [0.1, 0.15) is 11.6 Å². The van der Waals surface area contributed by atoms with Crippen molar-refractivity contribution in [3.8, 4) is 0 Å². The predicted molar refractivity (Wildman–Crippen MR) is 91.6 cm³/mol. The second-order valence-electron chi connectivity index (χ2n) is 5.96. The first-order valence-corrected chi connectivity index (χ1v) is 8.08. The first-order valence-electron chi connectivity index (χ1n) is 8.08. The summed E-state index contributed by atoms with van der Waals surface area (Å²) >= 11 is 0. The Balaban J connectivity index is 1.59. The lowest BCUT2D eigenvalue weighted by Gasteiger charge is -2.24. The van der Waals surface area contributed by atoms with Gasteiger partial charge in [-0.15, -0.1) is 0 Å². The highest BCUT2D eigenvalue weighted by Crippen LogP contribution is 2.20. The Morgan fingerprint density at radius 2 is 1.92 bits per heavy atom. The molecule has 4 heterocycles. The van der Waals surface area contributed by atoms with E-state index in [1.807, 2.05) is 17.5 Å². The molecule has 1 aliphatic heterocycles. The third-order valence-electron chi connectivity index (χ3n) is 4.28. The molecule has 0 aliphatic carbocycles. The number of nitrogens with one attached hydrogen (secondary N) is 1. The lowest BCUT2D eigenvalue weighted by Crippen LogP contribution is -2.32. The molecule has 8 heteroatoms. The van der Waals surface area contributed by atoms with Crippen LogP contribution >= 0.6 is 0 Å². The molecule has 0 atom stereocenters. The number of H-pyrrole nitrogens is 1. The quantitative estimate of drug-likeness (QED) is 0.752. The van der Waals surface area contributed by atoms with Gasteiger partial charge in [-0.05, 0) is 19.4 Å². The molecular weight excluding hydrogens is 306 g/mol. The first-order chi connectivity index (χ1) is 11.7. The fraction of sp³-hybridized carbons (Fsp3) is 0.375. The Morgan fingerprint density at radius 3 is 2.75 bits per heavy atom. The van der Waals surface area contributed by atoms with E-state index in [4.69, 9.17) is 0 Å². The number of aromatic nitrogens is 5. The van der Waals surface area contributed by atoms with Crippen LogP contribution < -0.4 is 15.4 Å². The Morgan fingerprint density at radius 1 is 1.08 bits per heavy atom. The van der Waals surface area contributed by atoms with Crippen molar-refractivity contribution in [1.82, 2.24) is 24.8 Å². The molecule has 3 aromatic rings. The van der Waals surface area contributed by atoms with Crippen LogP contribution in [0.4, 0.5) is 11.6 Å². The maximum absolute atomic E-state index is 11.2. The molecule has 0 spiro atoms. The highest BCUT2D eigenvalue weighted by Gasteiger charge is 2.19. The summed E-state index contributed by atoms with van der Waals surface area (Å²) in [6.07, 6.45) is 2.78. The van der Waals surface area contributed by atoms with Gasteiger partial charge in [0.25, 0.3) is 5.56 Å². The number of anilines is 2. The molecule has 124 valence electrons. The molecule has 1 aliphatic rings. The molecule has 0 saturated carbocycles. The topological polar surface area (TPSA) is 82.4 Å². The number of nitrogens with zero attached hydrogens (tertiary/aromatic N) is 6. The molecule has 1 saturated heterocycles. The zero-order valence-corrected chi connectivity index (χ0v) is 13.5. The van der Waals surface area contributed by atoms with Gasteiger partial charge in [-0.3, -0.25) is 4.79 Å². The number of rotatable bonds is 2. The lowest BCUT2D eigenvalue weighted by atomic mass is 10.3. The fourth-order valence-corrected chi connectivity index (χ4v) is 3.13.